The maximum atomic E-state index is 12.6. The molecule has 0 aliphatic heterocycles. The van der Waals surface area contributed by atoms with E-state index in [4.69, 9.17) is 4.74 Å². The predicted molar refractivity (Wildman–Crippen MR) is 56.4 cm³/mol. The van der Waals surface area contributed by atoms with E-state index in [9.17, 15) is 12.9 Å². The SMILES string of the molecule is CC(C)Oc1ncc(Br)cc1[B-](F)(F)F. The molecule has 0 saturated heterocycles. The number of halogens is 4. The third-order valence-electron chi connectivity index (χ3n) is 1.55. The molecule has 0 aromatic carbocycles. The Hall–Kier alpha value is -0.715. The Morgan fingerprint density at radius 3 is 2.47 bits per heavy atom. The molecule has 0 bridgehead atoms. The first-order valence-electron chi connectivity index (χ1n) is 4.32. The van der Waals surface area contributed by atoms with E-state index in [0.717, 1.165) is 6.07 Å². The number of hydrogen-bond donors (Lipinski definition) is 0. The van der Waals surface area contributed by atoms with Crippen LogP contribution in [0.3, 0.4) is 0 Å². The summed E-state index contributed by atoms with van der Waals surface area (Å²) in [5.74, 6) is -0.360. The fourth-order valence-electron chi connectivity index (χ4n) is 0.999. The van der Waals surface area contributed by atoms with Gasteiger partial charge in [0.05, 0.1) is 6.10 Å². The van der Waals surface area contributed by atoms with E-state index in [1.54, 1.807) is 13.8 Å². The van der Waals surface area contributed by atoms with Gasteiger partial charge in [0.1, 0.15) is 0 Å². The van der Waals surface area contributed by atoms with Crippen LogP contribution in [0.4, 0.5) is 12.9 Å². The number of nitrogens with zero attached hydrogens (tertiary/aromatic N) is 1. The van der Waals surface area contributed by atoms with Gasteiger partial charge in [-0.1, -0.05) is 6.07 Å². The third kappa shape index (κ3) is 3.41. The maximum absolute atomic E-state index is 12.6. The molecule has 0 atom stereocenters. The van der Waals surface area contributed by atoms with Crippen molar-refractivity contribution >= 4 is 28.4 Å². The van der Waals surface area contributed by atoms with E-state index in [0.29, 0.717) is 0 Å². The summed E-state index contributed by atoms with van der Waals surface area (Å²) in [6.45, 7) is -1.80. The van der Waals surface area contributed by atoms with Crippen LogP contribution in [0.1, 0.15) is 13.8 Å². The van der Waals surface area contributed by atoms with Crippen molar-refractivity contribution in [2.75, 3.05) is 0 Å². The van der Waals surface area contributed by atoms with E-state index >= 15 is 0 Å². The Kier molecular flexibility index (Phi) is 3.65. The summed E-state index contributed by atoms with van der Waals surface area (Å²) in [4.78, 5) is 3.61. The lowest BCUT2D eigenvalue weighted by Gasteiger charge is -2.20. The minimum atomic E-state index is -5.10. The smallest absolute Gasteiger partial charge is 0.477 e. The van der Waals surface area contributed by atoms with Crippen molar-refractivity contribution in [1.29, 1.82) is 0 Å². The van der Waals surface area contributed by atoms with Crippen molar-refractivity contribution in [3.63, 3.8) is 0 Å². The van der Waals surface area contributed by atoms with Gasteiger partial charge in [-0.05, 0) is 35.2 Å². The Morgan fingerprint density at radius 2 is 2.00 bits per heavy atom. The van der Waals surface area contributed by atoms with Gasteiger partial charge in [0.2, 0.25) is 0 Å². The molecule has 0 N–H and O–H groups in total. The Morgan fingerprint density at radius 1 is 1.40 bits per heavy atom. The van der Waals surface area contributed by atoms with Crippen LogP contribution in [-0.2, 0) is 0 Å². The molecule has 0 aliphatic carbocycles. The summed E-state index contributed by atoms with van der Waals surface area (Å²) >= 11 is 2.95. The average molecular weight is 283 g/mol. The van der Waals surface area contributed by atoms with Gasteiger partial charge in [-0.15, -0.1) is 0 Å². The van der Waals surface area contributed by atoms with Crippen molar-refractivity contribution in [2.45, 2.75) is 20.0 Å². The Bertz CT molecular complexity index is 356. The molecule has 0 saturated carbocycles. The average Bonchev–Trinajstić information content (AvgIpc) is 2.05. The summed E-state index contributed by atoms with van der Waals surface area (Å²) in [7, 11) is 0. The first kappa shape index (κ1) is 12.4. The lowest BCUT2D eigenvalue weighted by Crippen LogP contribution is -2.36. The quantitative estimate of drug-likeness (QED) is 0.796. The molecule has 0 fully saturated rings. The molecule has 0 unspecified atom stereocenters. The molecule has 0 spiro atoms. The molecule has 2 nitrogen and oxygen atoms in total. The summed E-state index contributed by atoms with van der Waals surface area (Å²) in [5.41, 5.74) is -0.807. The molecule has 1 heterocycles. The van der Waals surface area contributed by atoms with E-state index in [1.165, 1.54) is 6.20 Å². The normalized spacial score (nSPS) is 11.9. The maximum Gasteiger partial charge on any atom is 0.514 e. The van der Waals surface area contributed by atoms with Crippen molar-refractivity contribution in [3.8, 4) is 5.88 Å². The van der Waals surface area contributed by atoms with Crippen molar-refractivity contribution in [2.24, 2.45) is 0 Å². The minimum Gasteiger partial charge on any atom is -0.477 e. The van der Waals surface area contributed by atoms with E-state index in [1.807, 2.05) is 0 Å². The topological polar surface area (TPSA) is 22.1 Å². The van der Waals surface area contributed by atoms with Gasteiger partial charge in [-0.2, -0.15) is 0 Å². The molecule has 0 aliphatic rings. The van der Waals surface area contributed by atoms with Crippen LogP contribution in [0, 0.1) is 0 Å². The fraction of sp³-hybridized carbons (Fsp3) is 0.375. The van der Waals surface area contributed by atoms with Crippen LogP contribution < -0.4 is 10.2 Å². The molecule has 1 aromatic heterocycles. The van der Waals surface area contributed by atoms with Gasteiger partial charge in [0.25, 0.3) is 0 Å². The Balaban J connectivity index is 3.15. The monoisotopic (exact) mass is 282 g/mol. The molecule has 1 aromatic rings. The highest BCUT2D eigenvalue weighted by molar-refractivity contribution is 9.10. The van der Waals surface area contributed by atoms with Crippen molar-refractivity contribution in [1.82, 2.24) is 4.98 Å². The van der Waals surface area contributed by atoms with Crippen LogP contribution in [0.2, 0.25) is 0 Å². The van der Waals surface area contributed by atoms with Gasteiger partial charge in [-0.3, -0.25) is 0 Å². The largest absolute Gasteiger partial charge is 0.514 e. The van der Waals surface area contributed by atoms with Crippen LogP contribution in [0.25, 0.3) is 0 Å². The zero-order chi connectivity index (χ0) is 11.6. The number of ether oxygens (including phenoxy) is 1. The number of hydrogen-bond acceptors (Lipinski definition) is 2. The highest BCUT2D eigenvalue weighted by atomic mass is 79.9. The molecule has 0 amide bonds. The van der Waals surface area contributed by atoms with Gasteiger partial charge < -0.3 is 17.7 Å². The summed E-state index contributed by atoms with van der Waals surface area (Å²) < 4.78 is 43.1. The zero-order valence-electron chi connectivity index (χ0n) is 8.18. The predicted octanol–water partition coefficient (Wildman–Crippen LogP) is 2.69. The first-order valence-corrected chi connectivity index (χ1v) is 5.12. The molecular formula is C8H9BBrF3NO-. The van der Waals surface area contributed by atoms with Crippen LogP contribution >= 0.6 is 15.9 Å². The second-order valence-electron chi connectivity index (χ2n) is 3.29. The molecular weight excluding hydrogens is 274 g/mol. The minimum absolute atomic E-state index is 0.285. The van der Waals surface area contributed by atoms with Crippen molar-refractivity contribution < 1.29 is 17.7 Å². The fourth-order valence-corrected chi connectivity index (χ4v) is 1.35. The second-order valence-corrected chi connectivity index (χ2v) is 4.20. The molecule has 7 heteroatoms. The van der Waals surface area contributed by atoms with Gasteiger partial charge >= 0.3 is 6.98 Å². The van der Waals surface area contributed by atoms with Gasteiger partial charge in [0.15, 0.2) is 5.88 Å². The van der Waals surface area contributed by atoms with Crippen LogP contribution in [0.15, 0.2) is 16.7 Å². The lowest BCUT2D eigenvalue weighted by molar-refractivity contribution is 0.234. The van der Waals surface area contributed by atoms with Gasteiger partial charge in [0, 0.05) is 10.7 Å². The zero-order valence-corrected chi connectivity index (χ0v) is 9.76. The number of aromatic nitrogens is 1. The Labute approximate surface area is 94.0 Å². The van der Waals surface area contributed by atoms with Crippen LogP contribution in [0.5, 0.6) is 5.88 Å². The molecule has 84 valence electrons. The standard InChI is InChI=1S/C8H9BBrF3NO/c1-5(2)15-8-7(9(11,12)13)3-6(10)4-14-8/h3-5H,1-2H3/q-1. The lowest BCUT2D eigenvalue weighted by atomic mass is 9.81. The molecule has 15 heavy (non-hydrogen) atoms. The summed E-state index contributed by atoms with van der Waals surface area (Å²) in [6, 6.07) is 0.977. The van der Waals surface area contributed by atoms with E-state index < -0.39 is 12.4 Å². The second kappa shape index (κ2) is 4.43. The van der Waals surface area contributed by atoms with Crippen LogP contribution in [-0.4, -0.2) is 18.1 Å². The van der Waals surface area contributed by atoms with E-state index in [2.05, 4.69) is 20.9 Å². The molecule has 1 rings (SSSR count). The van der Waals surface area contributed by atoms with E-state index in [-0.39, 0.29) is 16.5 Å². The number of rotatable bonds is 3. The third-order valence-corrected chi connectivity index (χ3v) is 1.98. The highest BCUT2D eigenvalue weighted by Gasteiger charge is 2.30. The molecule has 0 radical (unpaired) electrons. The summed E-state index contributed by atoms with van der Waals surface area (Å²) in [5, 5.41) is 0. The summed E-state index contributed by atoms with van der Waals surface area (Å²) in [6.07, 6.45) is 0.943. The van der Waals surface area contributed by atoms with Gasteiger partial charge in [-0.25, -0.2) is 4.98 Å². The first-order chi connectivity index (χ1) is 6.80. The highest BCUT2D eigenvalue weighted by Crippen LogP contribution is 2.19. The van der Waals surface area contributed by atoms with Crippen molar-refractivity contribution in [3.05, 3.63) is 16.7 Å². The number of pyridine rings is 1.